The van der Waals surface area contributed by atoms with E-state index in [1.807, 2.05) is 0 Å². The summed E-state index contributed by atoms with van der Waals surface area (Å²) in [6.45, 7) is 7.00. The van der Waals surface area contributed by atoms with Crippen LogP contribution in [0.3, 0.4) is 0 Å². The highest BCUT2D eigenvalue weighted by Gasteiger charge is 2.53. The molecule has 5 nitrogen and oxygen atoms in total. The van der Waals surface area contributed by atoms with Gasteiger partial charge in [-0.1, -0.05) is 13.5 Å². The Morgan fingerprint density at radius 3 is 2.00 bits per heavy atom. The molecule has 25 heavy (non-hydrogen) atoms. The van der Waals surface area contributed by atoms with E-state index in [2.05, 4.69) is 16.1 Å². The van der Waals surface area contributed by atoms with Crippen molar-refractivity contribution in [1.82, 2.24) is 0 Å². The largest absolute Gasteiger partial charge is 0.458 e. The van der Waals surface area contributed by atoms with Crippen LogP contribution >= 0.6 is 0 Å². The van der Waals surface area contributed by atoms with Crippen LogP contribution in [0.15, 0.2) is 12.2 Å². The van der Waals surface area contributed by atoms with Gasteiger partial charge in [0.1, 0.15) is 6.10 Å². The molecule has 10 heteroatoms. The highest BCUT2D eigenvalue weighted by molar-refractivity contribution is 5.87. The molecule has 3 atom stereocenters. The minimum absolute atomic E-state index is 0.169. The SMILES string of the molecule is C=C(C)C(=O)OC(CC)C(F)(F)C(=O)OC(C)CC(C)(O)C(F)(F)F. The molecule has 0 heterocycles. The van der Waals surface area contributed by atoms with Crippen molar-refractivity contribution in [1.29, 1.82) is 0 Å². The van der Waals surface area contributed by atoms with Gasteiger partial charge in [-0.25, -0.2) is 9.59 Å². The lowest BCUT2D eigenvalue weighted by molar-refractivity contribution is -0.262. The number of alkyl halides is 5. The van der Waals surface area contributed by atoms with Crippen molar-refractivity contribution in [2.24, 2.45) is 0 Å². The summed E-state index contributed by atoms with van der Waals surface area (Å²) in [4.78, 5) is 22.9. The van der Waals surface area contributed by atoms with Gasteiger partial charge in [-0.2, -0.15) is 22.0 Å². The first-order chi connectivity index (χ1) is 11.1. The van der Waals surface area contributed by atoms with E-state index < -0.39 is 54.7 Å². The number of halogens is 5. The lowest BCUT2D eigenvalue weighted by atomic mass is 9.98. The van der Waals surface area contributed by atoms with Gasteiger partial charge in [-0.05, 0) is 27.2 Å². The Kier molecular flexibility index (Phi) is 7.56. The second-order valence-corrected chi connectivity index (χ2v) is 5.90. The summed E-state index contributed by atoms with van der Waals surface area (Å²) in [5.74, 6) is -7.58. The van der Waals surface area contributed by atoms with Crippen LogP contribution in [-0.2, 0) is 19.1 Å². The second kappa shape index (κ2) is 8.11. The van der Waals surface area contributed by atoms with Crippen molar-refractivity contribution >= 4 is 11.9 Å². The third kappa shape index (κ3) is 6.26. The number of ether oxygens (including phenoxy) is 2. The van der Waals surface area contributed by atoms with Crippen molar-refractivity contribution in [3.8, 4) is 0 Å². The summed E-state index contributed by atoms with van der Waals surface area (Å²) in [5, 5.41) is 9.29. The Bertz CT molecular complexity index is 513. The Morgan fingerprint density at radius 2 is 1.64 bits per heavy atom. The lowest BCUT2D eigenvalue weighted by Crippen LogP contribution is -2.48. The zero-order chi connectivity index (χ0) is 20.2. The van der Waals surface area contributed by atoms with E-state index in [1.54, 1.807) is 0 Å². The molecule has 0 aliphatic rings. The minimum Gasteiger partial charge on any atom is -0.458 e. The zero-order valence-electron chi connectivity index (χ0n) is 14.2. The Hall–Kier alpha value is -1.71. The highest BCUT2D eigenvalue weighted by atomic mass is 19.4. The number of rotatable bonds is 8. The number of hydrogen-bond donors (Lipinski definition) is 1. The minimum atomic E-state index is -5.03. The van der Waals surface area contributed by atoms with Crippen LogP contribution < -0.4 is 0 Å². The van der Waals surface area contributed by atoms with Crippen LogP contribution in [0.25, 0.3) is 0 Å². The first-order valence-electron chi connectivity index (χ1n) is 7.30. The molecule has 0 rings (SSSR count). The summed E-state index contributed by atoms with van der Waals surface area (Å²) in [5.41, 5.74) is -3.39. The zero-order valence-corrected chi connectivity index (χ0v) is 14.2. The number of hydrogen-bond acceptors (Lipinski definition) is 5. The monoisotopic (exact) mass is 376 g/mol. The fourth-order valence-electron chi connectivity index (χ4n) is 1.75. The predicted molar refractivity (Wildman–Crippen MR) is 76.8 cm³/mol. The molecule has 0 saturated carbocycles. The molecule has 0 aliphatic heterocycles. The topological polar surface area (TPSA) is 72.8 Å². The maximum Gasteiger partial charge on any atom is 0.417 e. The van der Waals surface area contributed by atoms with Crippen molar-refractivity contribution in [2.45, 2.75) is 70.4 Å². The van der Waals surface area contributed by atoms with Crippen LogP contribution in [0.5, 0.6) is 0 Å². The van der Waals surface area contributed by atoms with Crippen LogP contribution in [-0.4, -0.2) is 47.0 Å². The molecule has 0 radical (unpaired) electrons. The molecule has 0 aliphatic carbocycles. The molecule has 0 fully saturated rings. The number of esters is 2. The lowest BCUT2D eigenvalue weighted by Gasteiger charge is -2.30. The summed E-state index contributed by atoms with van der Waals surface area (Å²) in [6, 6.07) is 0. The normalized spacial score (nSPS) is 17.2. The van der Waals surface area contributed by atoms with Gasteiger partial charge in [0.05, 0.1) is 0 Å². The molecule has 1 N–H and O–H groups in total. The summed E-state index contributed by atoms with van der Waals surface area (Å²) < 4.78 is 74.6. The fourth-order valence-corrected chi connectivity index (χ4v) is 1.75. The van der Waals surface area contributed by atoms with E-state index >= 15 is 0 Å². The van der Waals surface area contributed by atoms with Crippen LogP contribution in [0.2, 0.25) is 0 Å². The summed E-state index contributed by atoms with van der Waals surface area (Å²) >= 11 is 0. The van der Waals surface area contributed by atoms with E-state index in [4.69, 9.17) is 0 Å². The Labute approximate surface area is 141 Å². The van der Waals surface area contributed by atoms with Gasteiger partial charge in [0.15, 0.2) is 11.7 Å². The molecular formula is C15H21F5O5. The molecule has 146 valence electrons. The Morgan fingerprint density at radius 1 is 1.16 bits per heavy atom. The van der Waals surface area contributed by atoms with Gasteiger partial charge in [-0.15, -0.1) is 0 Å². The Balaban J connectivity index is 5.06. The maximum atomic E-state index is 14.1. The molecule has 0 aromatic rings. The average Bonchev–Trinajstić information content (AvgIpc) is 2.41. The van der Waals surface area contributed by atoms with Crippen LogP contribution in [0, 0.1) is 0 Å². The van der Waals surface area contributed by atoms with Crippen molar-refractivity contribution in [3.63, 3.8) is 0 Å². The van der Waals surface area contributed by atoms with E-state index in [-0.39, 0.29) is 5.57 Å². The summed E-state index contributed by atoms with van der Waals surface area (Å²) in [7, 11) is 0. The number of carbonyl (C=O) groups excluding carboxylic acids is 2. The molecule has 0 aromatic carbocycles. The smallest absolute Gasteiger partial charge is 0.417 e. The van der Waals surface area contributed by atoms with Crippen molar-refractivity contribution in [2.75, 3.05) is 0 Å². The van der Waals surface area contributed by atoms with E-state index in [1.165, 1.54) is 13.8 Å². The molecule has 0 aromatic heterocycles. The molecule has 3 unspecified atom stereocenters. The number of aliphatic hydroxyl groups is 1. The molecule has 0 bridgehead atoms. The van der Waals surface area contributed by atoms with E-state index in [0.717, 1.165) is 6.92 Å². The van der Waals surface area contributed by atoms with E-state index in [0.29, 0.717) is 6.92 Å². The molecule has 0 amide bonds. The quantitative estimate of drug-likeness (QED) is 0.400. The maximum absolute atomic E-state index is 14.1. The van der Waals surface area contributed by atoms with Gasteiger partial charge < -0.3 is 14.6 Å². The second-order valence-electron chi connectivity index (χ2n) is 5.90. The first kappa shape index (κ1) is 23.3. The third-order valence-electron chi connectivity index (χ3n) is 3.25. The average molecular weight is 376 g/mol. The van der Waals surface area contributed by atoms with Gasteiger partial charge in [-0.3, -0.25) is 0 Å². The number of carbonyl (C=O) groups is 2. The van der Waals surface area contributed by atoms with Gasteiger partial charge in [0, 0.05) is 12.0 Å². The van der Waals surface area contributed by atoms with Crippen molar-refractivity contribution < 1.29 is 46.1 Å². The van der Waals surface area contributed by atoms with Crippen LogP contribution in [0.4, 0.5) is 22.0 Å². The van der Waals surface area contributed by atoms with Gasteiger partial charge in [0.25, 0.3) is 0 Å². The molecule has 0 spiro atoms. The third-order valence-corrected chi connectivity index (χ3v) is 3.25. The van der Waals surface area contributed by atoms with Crippen LogP contribution in [0.1, 0.15) is 40.5 Å². The first-order valence-corrected chi connectivity index (χ1v) is 7.30. The standard InChI is InChI=1S/C15H21F5O5/c1-6-10(25-11(21)8(2)3)14(16,17)12(22)24-9(4)7-13(5,23)15(18,19)20/h9-10,23H,2,6-7H2,1,3-5H3. The van der Waals surface area contributed by atoms with Gasteiger partial charge in [0.2, 0.25) is 0 Å². The fraction of sp³-hybridized carbons (Fsp3) is 0.733. The van der Waals surface area contributed by atoms with Crippen molar-refractivity contribution in [3.05, 3.63) is 12.2 Å². The van der Waals surface area contributed by atoms with E-state index in [9.17, 15) is 36.6 Å². The molecular weight excluding hydrogens is 355 g/mol. The highest BCUT2D eigenvalue weighted by Crippen LogP contribution is 2.35. The summed E-state index contributed by atoms with van der Waals surface area (Å²) in [6.07, 6.45) is -10.4. The molecule has 0 saturated heterocycles. The van der Waals surface area contributed by atoms with Gasteiger partial charge >= 0.3 is 24.0 Å². The predicted octanol–water partition coefficient (Wildman–Crippen LogP) is 3.15.